The molecule has 8 nitrogen and oxygen atoms in total. The summed E-state index contributed by atoms with van der Waals surface area (Å²) in [5.74, 6) is 1.46. The van der Waals surface area contributed by atoms with Crippen molar-refractivity contribution < 1.29 is 8.42 Å². The summed E-state index contributed by atoms with van der Waals surface area (Å²) >= 11 is 0. The Morgan fingerprint density at radius 1 is 0.897 bits per heavy atom. The fourth-order valence-corrected chi connectivity index (χ4v) is 5.19. The molecule has 1 aliphatic heterocycles. The zero-order valence-corrected chi connectivity index (χ0v) is 17.6. The van der Waals surface area contributed by atoms with Crippen LogP contribution in [0.4, 0.5) is 5.82 Å². The zero-order valence-electron chi connectivity index (χ0n) is 16.8. The molecule has 29 heavy (non-hydrogen) atoms. The lowest BCUT2D eigenvalue weighted by atomic mass is 10.2. The standard InChI is InChI=1S/C20H24N6O2S/c1-15-4-5-18(16(2)12-15)29(27,28)25-10-8-24(9-11-25)19-13-20(22-14-21-19)26-7-6-17(3)23-26/h4-7,12-14H,8-11H2,1-3H3. The van der Waals surface area contributed by atoms with Gasteiger partial charge in [0.15, 0.2) is 5.82 Å². The number of sulfonamides is 1. The molecule has 0 unspecified atom stereocenters. The van der Waals surface area contributed by atoms with E-state index in [1.54, 1.807) is 15.1 Å². The minimum atomic E-state index is -3.50. The molecule has 1 aliphatic rings. The van der Waals surface area contributed by atoms with Gasteiger partial charge >= 0.3 is 0 Å². The lowest BCUT2D eigenvalue weighted by Crippen LogP contribution is -2.49. The van der Waals surface area contributed by atoms with Gasteiger partial charge in [-0.15, -0.1) is 0 Å². The van der Waals surface area contributed by atoms with Crippen molar-refractivity contribution >= 4 is 15.8 Å². The molecule has 0 amide bonds. The number of benzene rings is 1. The number of hydrogen-bond acceptors (Lipinski definition) is 6. The van der Waals surface area contributed by atoms with E-state index in [-0.39, 0.29) is 0 Å². The molecule has 3 aromatic rings. The van der Waals surface area contributed by atoms with E-state index < -0.39 is 10.0 Å². The molecular formula is C20H24N6O2S. The first-order valence-electron chi connectivity index (χ1n) is 9.51. The third-order valence-electron chi connectivity index (χ3n) is 5.11. The maximum Gasteiger partial charge on any atom is 0.243 e. The summed E-state index contributed by atoms with van der Waals surface area (Å²) in [5, 5.41) is 4.38. The summed E-state index contributed by atoms with van der Waals surface area (Å²) in [6, 6.07) is 9.24. The first-order valence-corrected chi connectivity index (χ1v) is 11.0. The van der Waals surface area contributed by atoms with Crippen molar-refractivity contribution in [2.45, 2.75) is 25.7 Å². The molecule has 0 aliphatic carbocycles. The second-order valence-corrected chi connectivity index (χ2v) is 9.20. The van der Waals surface area contributed by atoms with Crippen LogP contribution in [0.3, 0.4) is 0 Å². The topological polar surface area (TPSA) is 84.2 Å². The number of aromatic nitrogens is 4. The lowest BCUT2D eigenvalue weighted by Gasteiger charge is -2.34. The van der Waals surface area contributed by atoms with Gasteiger partial charge in [-0.2, -0.15) is 9.40 Å². The van der Waals surface area contributed by atoms with Crippen LogP contribution < -0.4 is 4.90 Å². The van der Waals surface area contributed by atoms with Crippen molar-refractivity contribution in [1.82, 2.24) is 24.1 Å². The maximum atomic E-state index is 13.1. The quantitative estimate of drug-likeness (QED) is 0.653. The number of rotatable bonds is 4. The third kappa shape index (κ3) is 3.88. The summed E-state index contributed by atoms with van der Waals surface area (Å²) in [5.41, 5.74) is 2.75. The molecular weight excluding hydrogens is 388 g/mol. The van der Waals surface area contributed by atoms with Gasteiger partial charge in [0.25, 0.3) is 0 Å². The SMILES string of the molecule is Cc1ccc(S(=O)(=O)N2CCN(c3cc(-n4ccc(C)n4)ncn3)CC2)c(C)c1. The van der Waals surface area contributed by atoms with Gasteiger partial charge in [-0.25, -0.2) is 23.1 Å². The van der Waals surface area contributed by atoms with E-state index in [4.69, 9.17) is 0 Å². The molecule has 0 atom stereocenters. The number of hydrogen-bond donors (Lipinski definition) is 0. The van der Waals surface area contributed by atoms with Crippen LogP contribution in [0.15, 0.2) is 47.8 Å². The molecule has 0 saturated carbocycles. The molecule has 0 N–H and O–H groups in total. The van der Waals surface area contributed by atoms with Gasteiger partial charge in [0.1, 0.15) is 12.1 Å². The monoisotopic (exact) mass is 412 g/mol. The van der Waals surface area contributed by atoms with Gasteiger partial charge in [0, 0.05) is 38.4 Å². The predicted octanol–water partition coefficient (Wildman–Crippen LogP) is 2.10. The highest BCUT2D eigenvalue weighted by Gasteiger charge is 2.30. The largest absolute Gasteiger partial charge is 0.354 e. The van der Waals surface area contributed by atoms with Gasteiger partial charge in [0.2, 0.25) is 10.0 Å². The Morgan fingerprint density at radius 2 is 1.62 bits per heavy atom. The highest BCUT2D eigenvalue weighted by Crippen LogP contribution is 2.23. The number of anilines is 1. The molecule has 1 fully saturated rings. The highest BCUT2D eigenvalue weighted by atomic mass is 32.2. The summed E-state index contributed by atoms with van der Waals surface area (Å²) in [7, 11) is -3.50. The van der Waals surface area contributed by atoms with Gasteiger partial charge < -0.3 is 4.90 Å². The molecule has 9 heteroatoms. The van der Waals surface area contributed by atoms with Crippen LogP contribution in [0, 0.1) is 20.8 Å². The number of nitrogens with zero attached hydrogens (tertiary/aromatic N) is 6. The first-order chi connectivity index (χ1) is 13.8. The van der Waals surface area contributed by atoms with Crippen molar-refractivity contribution in [3.05, 3.63) is 59.7 Å². The third-order valence-corrected chi connectivity index (χ3v) is 7.17. The van der Waals surface area contributed by atoms with E-state index in [2.05, 4.69) is 20.0 Å². The van der Waals surface area contributed by atoms with Gasteiger partial charge in [-0.1, -0.05) is 17.7 Å². The van der Waals surface area contributed by atoms with Gasteiger partial charge in [-0.3, -0.25) is 0 Å². The minimum absolute atomic E-state index is 0.384. The second-order valence-electron chi connectivity index (χ2n) is 7.30. The molecule has 0 bridgehead atoms. The van der Waals surface area contributed by atoms with E-state index in [1.165, 1.54) is 6.33 Å². The van der Waals surface area contributed by atoms with Crippen LogP contribution in [-0.2, 0) is 10.0 Å². The maximum absolute atomic E-state index is 13.1. The van der Waals surface area contributed by atoms with E-state index in [9.17, 15) is 8.42 Å². The van der Waals surface area contributed by atoms with Crippen LogP contribution >= 0.6 is 0 Å². The van der Waals surface area contributed by atoms with E-state index in [0.717, 1.165) is 22.6 Å². The van der Waals surface area contributed by atoms with E-state index in [1.807, 2.05) is 51.2 Å². The molecule has 0 radical (unpaired) electrons. The Kier molecular flexibility index (Phi) is 5.10. The fourth-order valence-electron chi connectivity index (χ4n) is 3.56. The summed E-state index contributed by atoms with van der Waals surface area (Å²) < 4.78 is 29.4. The number of piperazine rings is 1. The average Bonchev–Trinajstić information content (AvgIpc) is 3.14. The van der Waals surface area contributed by atoms with Crippen LogP contribution in [0.1, 0.15) is 16.8 Å². The first kappa shape index (κ1) is 19.5. The summed E-state index contributed by atoms with van der Waals surface area (Å²) in [6.07, 6.45) is 3.37. The lowest BCUT2D eigenvalue weighted by molar-refractivity contribution is 0.383. The summed E-state index contributed by atoms with van der Waals surface area (Å²) in [4.78, 5) is 11.1. The number of aryl methyl sites for hydroxylation is 3. The smallest absolute Gasteiger partial charge is 0.243 e. The molecule has 0 spiro atoms. The van der Waals surface area contributed by atoms with E-state index in [0.29, 0.717) is 36.9 Å². The van der Waals surface area contributed by atoms with Gasteiger partial charge in [0.05, 0.1) is 10.6 Å². The zero-order chi connectivity index (χ0) is 20.6. The van der Waals surface area contributed by atoms with Crippen molar-refractivity contribution in [2.75, 3.05) is 31.1 Å². The van der Waals surface area contributed by atoms with Crippen LogP contribution in [-0.4, -0.2) is 58.7 Å². The summed E-state index contributed by atoms with van der Waals surface area (Å²) in [6.45, 7) is 7.69. The van der Waals surface area contributed by atoms with E-state index >= 15 is 0 Å². The second kappa shape index (κ2) is 7.57. The highest BCUT2D eigenvalue weighted by molar-refractivity contribution is 7.89. The van der Waals surface area contributed by atoms with Crippen LogP contribution in [0.5, 0.6) is 0 Å². The van der Waals surface area contributed by atoms with Gasteiger partial charge in [-0.05, 0) is 38.5 Å². The molecule has 1 aromatic carbocycles. The van der Waals surface area contributed by atoms with Crippen molar-refractivity contribution in [3.63, 3.8) is 0 Å². The van der Waals surface area contributed by atoms with Crippen molar-refractivity contribution in [2.24, 2.45) is 0 Å². The van der Waals surface area contributed by atoms with Crippen molar-refractivity contribution in [1.29, 1.82) is 0 Å². The van der Waals surface area contributed by atoms with Crippen LogP contribution in [0.2, 0.25) is 0 Å². The molecule has 4 rings (SSSR count). The Labute approximate surface area is 170 Å². The Morgan fingerprint density at radius 3 is 2.28 bits per heavy atom. The normalized spacial score (nSPS) is 15.6. The molecule has 1 saturated heterocycles. The molecule has 152 valence electrons. The average molecular weight is 413 g/mol. The Bertz CT molecular complexity index is 1130. The fraction of sp³-hybridized carbons (Fsp3) is 0.350. The minimum Gasteiger partial charge on any atom is -0.354 e. The predicted molar refractivity (Wildman–Crippen MR) is 111 cm³/mol. The van der Waals surface area contributed by atoms with Crippen LogP contribution in [0.25, 0.3) is 5.82 Å². The Balaban J connectivity index is 1.50. The molecule has 3 heterocycles. The Hall–Kier alpha value is -2.78. The molecule has 2 aromatic heterocycles. The van der Waals surface area contributed by atoms with Crippen molar-refractivity contribution in [3.8, 4) is 5.82 Å².